The predicted molar refractivity (Wildman–Crippen MR) is 84.5 cm³/mol. The summed E-state index contributed by atoms with van der Waals surface area (Å²) in [6.45, 7) is 0. The van der Waals surface area contributed by atoms with Crippen LogP contribution in [0.1, 0.15) is 19.3 Å². The monoisotopic (exact) mass is 395 g/mol. The number of rotatable bonds is 1. The number of anilines is 1. The summed E-state index contributed by atoms with van der Waals surface area (Å²) in [6.07, 6.45) is 2.14. The lowest BCUT2D eigenvalue weighted by Crippen LogP contribution is -2.46. The molecule has 0 unspecified atom stereocenters. The van der Waals surface area contributed by atoms with Crippen molar-refractivity contribution in [3.8, 4) is 0 Å². The van der Waals surface area contributed by atoms with E-state index in [1.165, 1.54) is 4.90 Å². The Bertz CT molecular complexity index is 671. The van der Waals surface area contributed by atoms with Crippen molar-refractivity contribution in [3.05, 3.63) is 27.8 Å². The van der Waals surface area contributed by atoms with Gasteiger partial charge in [0.25, 0.3) is 0 Å². The van der Waals surface area contributed by atoms with Gasteiger partial charge in [0.2, 0.25) is 11.8 Å². The Morgan fingerprint density at radius 1 is 1.05 bits per heavy atom. The molecule has 1 aromatic carbocycles. The first-order chi connectivity index (χ1) is 10.1. The zero-order valence-corrected chi connectivity index (χ0v) is 13.4. The molecule has 4 fully saturated rings. The number of fused-ring (bicyclic) bond motifs is 2. The number of carbonyl (C=O) groups is 3. The number of halogens is 1. The van der Waals surface area contributed by atoms with Crippen molar-refractivity contribution in [1.29, 1.82) is 0 Å². The summed E-state index contributed by atoms with van der Waals surface area (Å²) in [5.74, 6) is -0.940. The summed E-state index contributed by atoms with van der Waals surface area (Å²) in [6, 6.07) is 7.41. The molecule has 3 aliphatic carbocycles. The van der Waals surface area contributed by atoms with Crippen LogP contribution in [-0.2, 0) is 14.4 Å². The summed E-state index contributed by atoms with van der Waals surface area (Å²) in [4.78, 5) is 38.9. The normalized spacial score (nSPS) is 34.5. The van der Waals surface area contributed by atoms with Gasteiger partial charge >= 0.3 is 0 Å². The highest BCUT2D eigenvalue weighted by atomic mass is 127. The number of ketones is 1. The van der Waals surface area contributed by atoms with E-state index >= 15 is 0 Å². The highest BCUT2D eigenvalue weighted by Crippen LogP contribution is 2.52. The zero-order chi connectivity index (χ0) is 14.7. The van der Waals surface area contributed by atoms with Crippen LogP contribution in [0.5, 0.6) is 0 Å². The standard InChI is InChI=1S/C16H14INO3/c17-9-2-1-3-10(7-9)18-15(20)13-8-4-5-11(12(19)6-8)14(13)16(18)21/h1-3,7-8,11,13-14H,4-6H2/t8-,11+,13+,14-/m0/s1. The molecule has 5 heteroatoms. The van der Waals surface area contributed by atoms with E-state index in [1.807, 2.05) is 18.2 Å². The average Bonchev–Trinajstić information content (AvgIpc) is 2.73. The Morgan fingerprint density at radius 3 is 2.52 bits per heavy atom. The largest absolute Gasteiger partial charge is 0.299 e. The third-order valence-corrected chi connectivity index (χ3v) is 5.80. The SMILES string of the molecule is O=C1C[C@@H]2CC[C@H]1[C@@H]1C(=O)N(c3cccc(I)c3)C(=O)[C@H]21. The minimum Gasteiger partial charge on any atom is -0.299 e. The third-order valence-electron chi connectivity index (χ3n) is 5.13. The van der Waals surface area contributed by atoms with E-state index in [0.717, 1.165) is 16.4 Å². The quantitative estimate of drug-likeness (QED) is 0.542. The molecule has 1 aliphatic heterocycles. The second kappa shape index (κ2) is 4.63. The molecule has 4 nitrogen and oxygen atoms in total. The molecule has 0 spiro atoms. The van der Waals surface area contributed by atoms with Crippen LogP contribution in [0.15, 0.2) is 24.3 Å². The van der Waals surface area contributed by atoms with Crippen LogP contribution in [-0.4, -0.2) is 17.6 Å². The number of imide groups is 1. The van der Waals surface area contributed by atoms with Crippen molar-refractivity contribution in [3.63, 3.8) is 0 Å². The summed E-state index contributed by atoms with van der Waals surface area (Å²) in [5.41, 5.74) is 0.637. The zero-order valence-electron chi connectivity index (χ0n) is 11.3. The van der Waals surface area contributed by atoms with Gasteiger partial charge in [-0.25, -0.2) is 4.90 Å². The van der Waals surface area contributed by atoms with Crippen molar-refractivity contribution in [1.82, 2.24) is 0 Å². The first-order valence-electron chi connectivity index (χ1n) is 7.24. The molecule has 4 atom stereocenters. The highest BCUT2D eigenvalue weighted by molar-refractivity contribution is 14.1. The minimum absolute atomic E-state index is 0.0664. The first-order valence-corrected chi connectivity index (χ1v) is 8.32. The van der Waals surface area contributed by atoms with Gasteiger partial charge in [0.15, 0.2) is 0 Å². The van der Waals surface area contributed by atoms with Crippen molar-refractivity contribution < 1.29 is 14.4 Å². The fourth-order valence-electron chi connectivity index (χ4n) is 4.25. The van der Waals surface area contributed by atoms with Gasteiger partial charge < -0.3 is 0 Å². The second-order valence-electron chi connectivity index (χ2n) is 6.16. The molecule has 1 aromatic rings. The Balaban J connectivity index is 1.77. The van der Waals surface area contributed by atoms with Crippen LogP contribution in [0, 0.1) is 27.2 Å². The number of hydrogen-bond acceptors (Lipinski definition) is 3. The van der Waals surface area contributed by atoms with Crippen LogP contribution in [0.3, 0.4) is 0 Å². The Labute approximate surface area is 136 Å². The van der Waals surface area contributed by atoms with Crippen LogP contribution in [0.4, 0.5) is 5.69 Å². The third kappa shape index (κ3) is 1.82. The first kappa shape index (κ1) is 13.4. The van der Waals surface area contributed by atoms with E-state index in [-0.39, 0.29) is 35.4 Å². The summed E-state index contributed by atoms with van der Waals surface area (Å²) in [7, 11) is 0. The van der Waals surface area contributed by atoms with Crippen LogP contribution in [0.2, 0.25) is 0 Å². The molecule has 1 heterocycles. The second-order valence-corrected chi connectivity index (χ2v) is 7.40. The summed E-state index contributed by atoms with van der Waals surface area (Å²) >= 11 is 2.17. The van der Waals surface area contributed by atoms with Gasteiger partial charge in [0.05, 0.1) is 17.5 Å². The fourth-order valence-corrected chi connectivity index (χ4v) is 4.78. The predicted octanol–water partition coefficient (Wildman–Crippen LogP) is 2.40. The molecule has 108 valence electrons. The van der Waals surface area contributed by atoms with Crippen molar-refractivity contribution >= 4 is 45.9 Å². The molecule has 2 bridgehead atoms. The summed E-state index contributed by atoms with van der Waals surface area (Å²) < 4.78 is 0.986. The van der Waals surface area contributed by atoms with E-state index in [0.29, 0.717) is 12.1 Å². The van der Waals surface area contributed by atoms with E-state index < -0.39 is 5.92 Å². The minimum atomic E-state index is -0.407. The number of Topliss-reactive ketones (excluding diaryl/α,β-unsaturated/α-hetero) is 1. The number of nitrogens with zero attached hydrogens (tertiary/aromatic N) is 1. The van der Waals surface area contributed by atoms with Crippen molar-refractivity contribution in [2.75, 3.05) is 4.90 Å². The van der Waals surface area contributed by atoms with Gasteiger partial charge in [0, 0.05) is 15.9 Å². The number of carbonyl (C=O) groups excluding carboxylic acids is 3. The van der Waals surface area contributed by atoms with E-state index in [2.05, 4.69) is 22.6 Å². The maximum absolute atomic E-state index is 12.7. The van der Waals surface area contributed by atoms with Gasteiger partial charge in [-0.05, 0) is 59.5 Å². The lowest BCUT2D eigenvalue weighted by Gasteiger charge is -2.41. The maximum Gasteiger partial charge on any atom is 0.238 e. The number of hydrogen-bond donors (Lipinski definition) is 0. The Kier molecular flexibility index (Phi) is 2.96. The van der Waals surface area contributed by atoms with Gasteiger partial charge in [-0.2, -0.15) is 0 Å². The Morgan fingerprint density at radius 2 is 1.81 bits per heavy atom. The molecule has 4 aliphatic rings. The molecule has 5 rings (SSSR count). The van der Waals surface area contributed by atoms with Crippen LogP contribution < -0.4 is 4.90 Å². The number of benzene rings is 1. The van der Waals surface area contributed by atoms with Gasteiger partial charge in [-0.3, -0.25) is 14.4 Å². The van der Waals surface area contributed by atoms with E-state index in [4.69, 9.17) is 0 Å². The molecular formula is C16H14INO3. The topological polar surface area (TPSA) is 54.5 Å². The molecule has 2 amide bonds. The molecule has 0 radical (unpaired) electrons. The molecule has 0 N–H and O–H groups in total. The molecule has 0 aromatic heterocycles. The van der Waals surface area contributed by atoms with Crippen LogP contribution >= 0.6 is 22.6 Å². The van der Waals surface area contributed by atoms with E-state index in [9.17, 15) is 14.4 Å². The Hall–Kier alpha value is -1.24. The van der Waals surface area contributed by atoms with Gasteiger partial charge in [-0.1, -0.05) is 6.07 Å². The lowest BCUT2D eigenvalue weighted by atomic mass is 9.59. The molecule has 21 heavy (non-hydrogen) atoms. The highest BCUT2D eigenvalue weighted by Gasteiger charge is 2.60. The van der Waals surface area contributed by atoms with Crippen molar-refractivity contribution in [2.24, 2.45) is 23.7 Å². The smallest absolute Gasteiger partial charge is 0.238 e. The maximum atomic E-state index is 12.7. The molecular weight excluding hydrogens is 381 g/mol. The lowest BCUT2D eigenvalue weighted by molar-refractivity contribution is -0.143. The molecule has 3 saturated carbocycles. The van der Waals surface area contributed by atoms with E-state index in [1.54, 1.807) is 6.07 Å². The van der Waals surface area contributed by atoms with Gasteiger partial charge in [-0.15, -0.1) is 0 Å². The summed E-state index contributed by atoms with van der Waals surface area (Å²) in [5, 5.41) is 0. The molecule has 1 saturated heterocycles. The van der Waals surface area contributed by atoms with Crippen molar-refractivity contribution in [2.45, 2.75) is 19.3 Å². The average molecular weight is 395 g/mol. The van der Waals surface area contributed by atoms with Crippen LogP contribution in [0.25, 0.3) is 0 Å². The van der Waals surface area contributed by atoms with Gasteiger partial charge in [0.1, 0.15) is 5.78 Å². The fraction of sp³-hybridized carbons (Fsp3) is 0.438. The number of amides is 2.